The summed E-state index contributed by atoms with van der Waals surface area (Å²) in [6, 6.07) is 21.4. The largest absolute Gasteiger partial charge is 0.494 e. The molecule has 0 radical (unpaired) electrons. The minimum absolute atomic E-state index is 0.114. The molecule has 34 heavy (non-hydrogen) atoms. The smallest absolute Gasteiger partial charge is 0.241 e. The first-order valence-corrected chi connectivity index (χ1v) is 13.0. The van der Waals surface area contributed by atoms with Crippen molar-refractivity contribution in [2.75, 3.05) is 13.2 Å². The fourth-order valence-corrected chi connectivity index (χ4v) is 5.57. The van der Waals surface area contributed by atoms with Crippen molar-refractivity contribution in [3.8, 4) is 5.75 Å². The second kappa shape index (κ2) is 10.4. The van der Waals surface area contributed by atoms with Crippen LogP contribution in [0.2, 0.25) is 0 Å². The lowest BCUT2D eigenvalue weighted by Gasteiger charge is -2.32. The van der Waals surface area contributed by atoms with Crippen LogP contribution in [-0.4, -0.2) is 38.4 Å². The number of aryl methyl sites for hydroxylation is 1. The minimum Gasteiger partial charge on any atom is -0.494 e. The van der Waals surface area contributed by atoms with Crippen molar-refractivity contribution in [2.45, 2.75) is 44.2 Å². The van der Waals surface area contributed by atoms with E-state index in [9.17, 15) is 13.2 Å². The van der Waals surface area contributed by atoms with Crippen LogP contribution in [0.1, 0.15) is 29.2 Å². The Morgan fingerprint density at radius 3 is 2.44 bits per heavy atom. The van der Waals surface area contributed by atoms with Gasteiger partial charge in [0.05, 0.1) is 11.5 Å². The molecule has 1 amide bonds. The molecule has 0 spiro atoms. The van der Waals surface area contributed by atoms with E-state index in [1.165, 1.54) is 11.6 Å². The van der Waals surface area contributed by atoms with Gasteiger partial charge in [-0.2, -0.15) is 4.72 Å². The molecule has 0 saturated heterocycles. The highest BCUT2D eigenvalue weighted by Gasteiger charge is 2.31. The Bertz CT molecular complexity index is 1260. The lowest BCUT2D eigenvalue weighted by Crippen LogP contribution is -2.50. The van der Waals surface area contributed by atoms with Crippen LogP contribution < -0.4 is 9.46 Å². The molecule has 3 aromatic carbocycles. The van der Waals surface area contributed by atoms with Crippen LogP contribution in [0.25, 0.3) is 0 Å². The first-order chi connectivity index (χ1) is 16.4. The van der Waals surface area contributed by atoms with Crippen LogP contribution in [-0.2, 0) is 34.2 Å². The number of rotatable bonds is 8. The summed E-state index contributed by atoms with van der Waals surface area (Å²) in [5.41, 5.74) is 3.95. The first-order valence-electron chi connectivity index (χ1n) is 11.5. The summed E-state index contributed by atoms with van der Waals surface area (Å²) in [4.78, 5) is 15.5. The quantitative estimate of drug-likeness (QED) is 0.533. The molecule has 1 N–H and O–H groups in total. The predicted octanol–water partition coefficient (Wildman–Crippen LogP) is 3.87. The maximum atomic E-state index is 13.6. The van der Waals surface area contributed by atoms with Crippen molar-refractivity contribution in [3.63, 3.8) is 0 Å². The minimum atomic E-state index is -3.93. The summed E-state index contributed by atoms with van der Waals surface area (Å²) < 4.78 is 34.9. The molecule has 7 heteroatoms. The Labute approximate surface area is 201 Å². The van der Waals surface area contributed by atoms with Gasteiger partial charge in [0.1, 0.15) is 11.8 Å². The normalized spacial score (nSPS) is 14.4. The van der Waals surface area contributed by atoms with E-state index in [1.807, 2.05) is 62.4 Å². The van der Waals surface area contributed by atoms with Gasteiger partial charge in [-0.15, -0.1) is 0 Å². The van der Waals surface area contributed by atoms with Gasteiger partial charge in [0, 0.05) is 13.1 Å². The van der Waals surface area contributed by atoms with Crippen LogP contribution in [0.3, 0.4) is 0 Å². The number of carbonyl (C=O) groups excluding carboxylic acids is 1. The molecule has 0 bridgehead atoms. The van der Waals surface area contributed by atoms with Gasteiger partial charge in [0.25, 0.3) is 0 Å². The highest BCUT2D eigenvalue weighted by molar-refractivity contribution is 7.89. The van der Waals surface area contributed by atoms with Gasteiger partial charge in [-0.05, 0) is 67.1 Å². The summed E-state index contributed by atoms with van der Waals surface area (Å²) in [5.74, 6) is 0.426. The van der Waals surface area contributed by atoms with Crippen molar-refractivity contribution in [2.24, 2.45) is 0 Å². The number of hydrogen-bond donors (Lipinski definition) is 1. The molecule has 0 unspecified atom stereocenters. The van der Waals surface area contributed by atoms with Gasteiger partial charge < -0.3 is 9.64 Å². The number of carbonyl (C=O) groups is 1. The van der Waals surface area contributed by atoms with E-state index in [4.69, 9.17) is 4.74 Å². The Balaban J connectivity index is 1.60. The van der Waals surface area contributed by atoms with Crippen LogP contribution in [0.15, 0.2) is 77.7 Å². The van der Waals surface area contributed by atoms with Crippen LogP contribution >= 0.6 is 0 Å². The van der Waals surface area contributed by atoms with Crippen molar-refractivity contribution in [1.82, 2.24) is 9.62 Å². The highest BCUT2D eigenvalue weighted by atomic mass is 32.2. The van der Waals surface area contributed by atoms with E-state index < -0.39 is 16.1 Å². The molecule has 1 aliphatic heterocycles. The number of sulfonamides is 1. The van der Waals surface area contributed by atoms with Crippen LogP contribution in [0.5, 0.6) is 5.75 Å². The van der Waals surface area contributed by atoms with Gasteiger partial charge >= 0.3 is 0 Å². The number of nitrogens with zero attached hydrogens (tertiary/aromatic N) is 1. The topological polar surface area (TPSA) is 75.7 Å². The van der Waals surface area contributed by atoms with E-state index in [0.717, 1.165) is 23.1 Å². The fourth-order valence-electron chi connectivity index (χ4n) is 4.30. The van der Waals surface area contributed by atoms with Crippen molar-refractivity contribution >= 4 is 15.9 Å². The number of amides is 1. The molecule has 1 atom stereocenters. The summed E-state index contributed by atoms with van der Waals surface area (Å²) in [6.45, 7) is 5.22. The van der Waals surface area contributed by atoms with Gasteiger partial charge in [-0.3, -0.25) is 4.79 Å². The summed E-state index contributed by atoms with van der Waals surface area (Å²) in [5, 5.41) is 0. The molecule has 6 nitrogen and oxygen atoms in total. The summed E-state index contributed by atoms with van der Waals surface area (Å²) in [7, 11) is -3.93. The van der Waals surface area contributed by atoms with Gasteiger partial charge in [0.15, 0.2) is 0 Å². The summed E-state index contributed by atoms with van der Waals surface area (Å²) >= 11 is 0. The Kier molecular flexibility index (Phi) is 7.34. The third-order valence-corrected chi connectivity index (χ3v) is 7.55. The van der Waals surface area contributed by atoms with E-state index in [2.05, 4.69) is 10.8 Å². The second-order valence-electron chi connectivity index (χ2n) is 8.50. The molecule has 1 heterocycles. The maximum absolute atomic E-state index is 13.6. The number of fused-ring (bicyclic) bond motifs is 1. The van der Waals surface area contributed by atoms with Crippen LogP contribution in [0.4, 0.5) is 0 Å². The Morgan fingerprint density at radius 1 is 1.03 bits per heavy atom. The van der Waals surface area contributed by atoms with Gasteiger partial charge in [0.2, 0.25) is 15.9 Å². The third-order valence-electron chi connectivity index (χ3n) is 6.08. The van der Waals surface area contributed by atoms with E-state index in [1.54, 1.807) is 17.0 Å². The van der Waals surface area contributed by atoms with Crippen molar-refractivity contribution < 1.29 is 17.9 Å². The average molecular weight is 479 g/mol. The van der Waals surface area contributed by atoms with Gasteiger partial charge in [-0.25, -0.2) is 8.42 Å². The number of ether oxygens (including phenoxy) is 1. The second-order valence-corrected chi connectivity index (χ2v) is 10.2. The maximum Gasteiger partial charge on any atom is 0.241 e. The Hall–Kier alpha value is -3.16. The van der Waals surface area contributed by atoms with E-state index in [-0.39, 0.29) is 17.2 Å². The monoisotopic (exact) mass is 478 g/mol. The fraction of sp³-hybridized carbons (Fsp3) is 0.296. The number of hydrogen-bond acceptors (Lipinski definition) is 4. The highest BCUT2D eigenvalue weighted by Crippen LogP contribution is 2.23. The Morgan fingerprint density at radius 2 is 1.74 bits per heavy atom. The molecule has 0 fully saturated rings. The molecule has 4 rings (SSSR count). The van der Waals surface area contributed by atoms with E-state index >= 15 is 0 Å². The van der Waals surface area contributed by atoms with Crippen molar-refractivity contribution in [3.05, 3.63) is 95.1 Å². The zero-order chi connectivity index (χ0) is 24.1. The molecular weight excluding hydrogens is 448 g/mol. The molecule has 178 valence electrons. The zero-order valence-electron chi connectivity index (χ0n) is 19.5. The molecule has 3 aromatic rings. The van der Waals surface area contributed by atoms with Gasteiger partial charge in [-0.1, -0.05) is 54.6 Å². The van der Waals surface area contributed by atoms with E-state index in [0.29, 0.717) is 25.4 Å². The zero-order valence-corrected chi connectivity index (χ0v) is 20.3. The third kappa shape index (κ3) is 5.48. The number of nitrogens with one attached hydrogen (secondary N) is 1. The van der Waals surface area contributed by atoms with Crippen molar-refractivity contribution in [1.29, 1.82) is 0 Å². The lowest BCUT2D eigenvalue weighted by molar-refractivity contribution is -0.133. The molecular formula is C27H30N2O4S. The standard InChI is InChI=1S/C27H30N2O4S/c1-3-33-26-14-13-24(17-20(26)2)34(31,32)28-25(18-21-9-5-4-6-10-21)27(30)29-16-15-22-11-7-8-12-23(22)19-29/h4-14,17,25,28H,3,15-16,18-19H2,1-2H3/t25-/m1/s1. The lowest BCUT2D eigenvalue weighted by atomic mass is 9.98. The SMILES string of the molecule is CCOc1ccc(S(=O)(=O)N[C@H](Cc2ccccc2)C(=O)N2CCc3ccccc3C2)cc1C. The number of benzene rings is 3. The molecule has 1 aliphatic rings. The first kappa shape index (κ1) is 24.0. The predicted molar refractivity (Wildman–Crippen MR) is 132 cm³/mol. The molecule has 0 aliphatic carbocycles. The summed E-state index contributed by atoms with van der Waals surface area (Å²) in [6.07, 6.45) is 1.03. The molecule has 0 saturated carbocycles. The average Bonchev–Trinajstić information content (AvgIpc) is 2.84. The molecule has 0 aromatic heterocycles. The van der Waals surface area contributed by atoms with Crippen LogP contribution in [0, 0.1) is 6.92 Å².